The van der Waals surface area contributed by atoms with Crippen LogP contribution in [0.5, 0.6) is 5.88 Å². The van der Waals surface area contributed by atoms with Crippen molar-refractivity contribution in [2.75, 3.05) is 11.9 Å². The van der Waals surface area contributed by atoms with Gasteiger partial charge in [-0.1, -0.05) is 20.3 Å². The number of aryl methyl sites for hydroxylation is 1. The highest BCUT2D eigenvalue weighted by Gasteiger charge is 2.25. The van der Waals surface area contributed by atoms with Gasteiger partial charge in [0.1, 0.15) is 17.7 Å². The van der Waals surface area contributed by atoms with E-state index in [4.69, 9.17) is 4.74 Å². The number of nitrogens with zero attached hydrogens (tertiary/aromatic N) is 2. The SMILES string of the molecule is CCCNc1cc(OC2CCCCC2CC)nc(C)n1. The summed E-state index contributed by atoms with van der Waals surface area (Å²) in [4.78, 5) is 8.83. The first-order chi connectivity index (χ1) is 9.72. The fourth-order valence-electron chi connectivity index (χ4n) is 2.90. The highest BCUT2D eigenvalue weighted by Crippen LogP contribution is 2.30. The molecule has 0 saturated heterocycles. The van der Waals surface area contributed by atoms with Crippen molar-refractivity contribution in [2.24, 2.45) is 5.92 Å². The molecule has 0 spiro atoms. The van der Waals surface area contributed by atoms with Crippen LogP contribution in [0.4, 0.5) is 5.82 Å². The number of nitrogens with one attached hydrogen (secondary N) is 1. The van der Waals surface area contributed by atoms with E-state index in [1.807, 2.05) is 13.0 Å². The zero-order valence-corrected chi connectivity index (χ0v) is 13.0. The van der Waals surface area contributed by atoms with Crippen molar-refractivity contribution < 1.29 is 4.74 Å². The maximum absolute atomic E-state index is 6.17. The average molecular weight is 277 g/mol. The molecular formula is C16H27N3O. The van der Waals surface area contributed by atoms with Gasteiger partial charge >= 0.3 is 0 Å². The maximum atomic E-state index is 6.17. The molecule has 1 aliphatic rings. The Hall–Kier alpha value is -1.32. The molecule has 0 bridgehead atoms. The molecule has 1 N–H and O–H groups in total. The van der Waals surface area contributed by atoms with E-state index in [1.54, 1.807) is 0 Å². The minimum atomic E-state index is 0.321. The van der Waals surface area contributed by atoms with Gasteiger partial charge in [0.15, 0.2) is 0 Å². The lowest BCUT2D eigenvalue weighted by Gasteiger charge is -2.30. The summed E-state index contributed by atoms with van der Waals surface area (Å²) in [5.74, 6) is 3.04. The largest absolute Gasteiger partial charge is 0.474 e. The fourth-order valence-corrected chi connectivity index (χ4v) is 2.90. The quantitative estimate of drug-likeness (QED) is 0.855. The molecule has 0 amide bonds. The minimum absolute atomic E-state index is 0.321. The van der Waals surface area contributed by atoms with Crippen LogP contribution >= 0.6 is 0 Å². The van der Waals surface area contributed by atoms with Gasteiger partial charge in [-0.15, -0.1) is 0 Å². The van der Waals surface area contributed by atoms with Crippen LogP contribution in [0, 0.1) is 12.8 Å². The van der Waals surface area contributed by atoms with Crippen LogP contribution < -0.4 is 10.1 Å². The molecule has 1 aliphatic carbocycles. The molecule has 20 heavy (non-hydrogen) atoms. The van der Waals surface area contributed by atoms with Crippen LogP contribution in [-0.4, -0.2) is 22.6 Å². The number of aromatic nitrogens is 2. The van der Waals surface area contributed by atoms with E-state index >= 15 is 0 Å². The predicted molar refractivity (Wildman–Crippen MR) is 82.2 cm³/mol. The van der Waals surface area contributed by atoms with Gasteiger partial charge in [0.25, 0.3) is 0 Å². The van der Waals surface area contributed by atoms with Crippen molar-refractivity contribution in [1.29, 1.82) is 0 Å². The summed E-state index contributed by atoms with van der Waals surface area (Å²) in [7, 11) is 0. The molecule has 112 valence electrons. The second kappa shape index (κ2) is 7.46. The van der Waals surface area contributed by atoms with E-state index in [2.05, 4.69) is 29.1 Å². The van der Waals surface area contributed by atoms with Gasteiger partial charge in [0.05, 0.1) is 0 Å². The average Bonchev–Trinajstić information content (AvgIpc) is 2.45. The molecule has 1 saturated carbocycles. The maximum Gasteiger partial charge on any atom is 0.218 e. The third-order valence-electron chi connectivity index (χ3n) is 4.01. The zero-order valence-electron chi connectivity index (χ0n) is 13.0. The predicted octanol–water partition coefficient (Wildman–Crippen LogP) is 3.95. The highest BCUT2D eigenvalue weighted by molar-refractivity contribution is 5.38. The lowest BCUT2D eigenvalue weighted by Crippen LogP contribution is -2.30. The molecule has 1 aromatic heterocycles. The van der Waals surface area contributed by atoms with Crippen LogP contribution in [0.1, 0.15) is 58.2 Å². The van der Waals surface area contributed by atoms with E-state index in [-0.39, 0.29) is 0 Å². The lowest BCUT2D eigenvalue weighted by atomic mass is 9.85. The molecule has 0 aromatic carbocycles. The molecule has 2 unspecified atom stereocenters. The van der Waals surface area contributed by atoms with Crippen LogP contribution in [-0.2, 0) is 0 Å². The van der Waals surface area contributed by atoms with E-state index in [0.717, 1.165) is 36.9 Å². The van der Waals surface area contributed by atoms with Crippen molar-refractivity contribution in [3.8, 4) is 5.88 Å². The van der Waals surface area contributed by atoms with E-state index < -0.39 is 0 Å². The van der Waals surface area contributed by atoms with Crippen molar-refractivity contribution in [2.45, 2.75) is 65.4 Å². The Balaban J connectivity index is 2.05. The van der Waals surface area contributed by atoms with Crippen LogP contribution in [0.3, 0.4) is 0 Å². The minimum Gasteiger partial charge on any atom is -0.474 e. The van der Waals surface area contributed by atoms with Gasteiger partial charge in [-0.3, -0.25) is 0 Å². The normalized spacial score (nSPS) is 22.6. The Morgan fingerprint density at radius 1 is 1.25 bits per heavy atom. The molecule has 2 atom stereocenters. The van der Waals surface area contributed by atoms with E-state index in [0.29, 0.717) is 12.0 Å². The summed E-state index contributed by atoms with van der Waals surface area (Å²) in [5.41, 5.74) is 0. The van der Waals surface area contributed by atoms with E-state index in [9.17, 15) is 0 Å². The monoisotopic (exact) mass is 277 g/mol. The molecule has 2 rings (SSSR count). The van der Waals surface area contributed by atoms with Gasteiger partial charge in [0, 0.05) is 12.6 Å². The second-order valence-corrected chi connectivity index (χ2v) is 5.67. The number of anilines is 1. The zero-order chi connectivity index (χ0) is 14.4. The summed E-state index contributed by atoms with van der Waals surface area (Å²) in [6, 6.07) is 1.93. The Morgan fingerprint density at radius 2 is 2.05 bits per heavy atom. The van der Waals surface area contributed by atoms with Gasteiger partial charge in [-0.05, 0) is 44.9 Å². The van der Waals surface area contributed by atoms with Crippen LogP contribution in [0.25, 0.3) is 0 Å². The Labute approximate surface area is 122 Å². The first kappa shape index (κ1) is 15.1. The van der Waals surface area contributed by atoms with Gasteiger partial charge in [0.2, 0.25) is 5.88 Å². The fraction of sp³-hybridized carbons (Fsp3) is 0.750. The second-order valence-electron chi connectivity index (χ2n) is 5.67. The smallest absolute Gasteiger partial charge is 0.218 e. The van der Waals surface area contributed by atoms with E-state index in [1.165, 1.54) is 25.7 Å². The number of rotatable bonds is 6. The molecule has 1 fully saturated rings. The standard InChI is InChI=1S/C16H27N3O/c1-4-10-17-15-11-16(19-12(3)18-15)20-14-9-7-6-8-13(14)5-2/h11,13-14H,4-10H2,1-3H3,(H,17,18,19). The van der Waals surface area contributed by atoms with Crippen molar-refractivity contribution in [1.82, 2.24) is 9.97 Å². The van der Waals surface area contributed by atoms with Crippen molar-refractivity contribution in [3.05, 3.63) is 11.9 Å². The summed E-state index contributed by atoms with van der Waals surface area (Å²) < 4.78 is 6.17. The summed E-state index contributed by atoms with van der Waals surface area (Å²) in [5, 5.41) is 3.31. The Morgan fingerprint density at radius 3 is 2.80 bits per heavy atom. The molecule has 1 heterocycles. The molecule has 4 nitrogen and oxygen atoms in total. The number of ether oxygens (including phenoxy) is 1. The third kappa shape index (κ3) is 4.09. The van der Waals surface area contributed by atoms with Crippen molar-refractivity contribution >= 4 is 5.82 Å². The Bertz CT molecular complexity index is 422. The van der Waals surface area contributed by atoms with Gasteiger partial charge in [-0.2, -0.15) is 4.98 Å². The summed E-state index contributed by atoms with van der Waals surface area (Å²) in [6.45, 7) is 7.25. The van der Waals surface area contributed by atoms with Crippen LogP contribution in [0.15, 0.2) is 6.07 Å². The van der Waals surface area contributed by atoms with Gasteiger partial charge in [-0.25, -0.2) is 4.98 Å². The van der Waals surface area contributed by atoms with Gasteiger partial charge < -0.3 is 10.1 Å². The first-order valence-corrected chi connectivity index (χ1v) is 7.99. The molecule has 0 aliphatic heterocycles. The lowest BCUT2D eigenvalue weighted by molar-refractivity contribution is 0.0856. The topological polar surface area (TPSA) is 47.0 Å². The number of hydrogen-bond acceptors (Lipinski definition) is 4. The molecule has 1 aromatic rings. The van der Waals surface area contributed by atoms with Crippen LogP contribution in [0.2, 0.25) is 0 Å². The summed E-state index contributed by atoms with van der Waals surface area (Å²) in [6.07, 6.45) is 7.64. The molecule has 4 heteroatoms. The Kier molecular flexibility index (Phi) is 5.62. The molecule has 0 radical (unpaired) electrons. The third-order valence-corrected chi connectivity index (χ3v) is 4.01. The first-order valence-electron chi connectivity index (χ1n) is 7.99. The van der Waals surface area contributed by atoms with Crippen molar-refractivity contribution in [3.63, 3.8) is 0 Å². The highest BCUT2D eigenvalue weighted by atomic mass is 16.5. The summed E-state index contributed by atoms with van der Waals surface area (Å²) >= 11 is 0. The number of hydrogen-bond donors (Lipinski definition) is 1. The molecular weight excluding hydrogens is 250 g/mol.